The summed E-state index contributed by atoms with van der Waals surface area (Å²) in [5.41, 5.74) is 5.71. The molecule has 2 heterocycles. The predicted molar refractivity (Wildman–Crippen MR) is 91.3 cm³/mol. The van der Waals surface area contributed by atoms with Gasteiger partial charge < -0.3 is 4.90 Å². The lowest BCUT2D eigenvalue weighted by molar-refractivity contribution is 0.248. The lowest BCUT2D eigenvalue weighted by Gasteiger charge is -2.36. The lowest BCUT2D eigenvalue weighted by atomic mass is 10.2. The summed E-state index contributed by atoms with van der Waals surface area (Å²) in [7, 11) is -1.32. The van der Waals surface area contributed by atoms with Crippen molar-refractivity contribution < 1.29 is 0 Å². The van der Waals surface area contributed by atoms with Gasteiger partial charge in [-0.25, -0.2) is 0 Å². The van der Waals surface area contributed by atoms with Gasteiger partial charge in [-0.15, -0.1) is 5.54 Å². The van der Waals surface area contributed by atoms with E-state index in [1.807, 2.05) is 12.4 Å². The number of hydrogen-bond acceptors (Lipinski definition) is 3. The summed E-state index contributed by atoms with van der Waals surface area (Å²) in [6.07, 6.45) is 6.68. The Bertz CT molecular complexity index is 555. The number of aromatic nitrogens is 1. The zero-order valence-corrected chi connectivity index (χ0v) is 14.4. The number of nitrogens with zero attached hydrogens (tertiary/aromatic N) is 3. The molecule has 3 rings (SSSR count). The van der Waals surface area contributed by atoms with E-state index in [9.17, 15) is 0 Å². The van der Waals surface area contributed by atoms with E-state index in [0.717, 1.165) is 24.7 Å². The molecule has 3 nitrogen and oxygen atoms in total. The van der Waals surface area contributed by atoms with Crippen LogP contribution >= 0.6 is 0 Å². The average Bonchev–Trinajstić information content (AvgIpc) is 3.30. The van der Waals surface area contributed by atoms with Crippen molar-refractivity contribution in [1.82, 2.24) is 9.88 Å². The Labute approximate surface area is 129 Å². The first-order chi connectivity index (χ1) is 10.0. The number of anilines is 1. The minimum absolute atomic E-state index is 0.888. The van der Waals surface area contributed by atoms with Crippen molar-refractivity contribution in [3.8, 4) is 11.5 Å². The third kappa shape index (κ3) is 4.09. The molecule has 1 aromatic rings. The van der Waals surface area contributed by atoms with E-state index in [0.29, 0.717) is 0 Å². The van der Waals surface area contributed by atoms with Crippen LogP contribution in [0.4, 0.5) is 5.69 Å². The Hall–Kier alpha value is -1.31. The second-order valence-electron chi connectivity index (χ2n) is 7.19. The van der Waals surface area contributed by atoms with Crippen LogP contribution in [0.5, 0.6) is 0 Å². The molecule has 0 amide bonds. The average molecular weight is 299 g/mol. The molecule has 0 aromatic carbocycles. The highest BCUT2D eigenvalue weighted by atomic mass is 28.3. The molecule has 0 radical (unpaired) electrons. The van der Waals surface area contributed by atoms with E-state index in [2.05, 4.69) is 52.0 Å². The molecule has 0 spiro atoms. The molecule has 1 aromatic heterocycles. The van der Waals surface area contributed by atoms with Crippen LogP contribution in [0.25, 0.3) is 0 Å². The summed E-state index contributed by atoms with van der Waals surface area (Å²) in [6, 6.07) is 3.09. The monoisotopic (exact) mass is 299 g/mol. The van der Waals surface area contributed by atoms with Crippen LogP contribution in [0.3, 0.4) is 0 Å². The topological polar surface area (TPSA) is 19.4 Å². The molecule has 112 valence electrons. The van der Waals surface area contributed by atoms with E-state index < -0.39 is 8.07 Å². The summed E-state index contributed by atoms with van der Waals surface area (Å²) in [4.78, 5) is 9.47. The minimum atomic E-state index is -1.32. The molecule has 1 aliphatic heterocycles. The molecule has 4 heteroatoms. The Balaban J connectivity index is 1.66. The van der Waals surface area contributed by atoms with Crippen molar-refractivity contribution >= 4 is 13.8 Å². The quantitative estimate of drug-likeness (QED) is 0.618. The molecule has 1 saturated carbocycles. The summed E-state index contributed by atoms with van der Waals surface area (Å²) >= 11 is 0. The summed E-state index contributed by atoms with van der Waals surface area (Å²) in [5.74, 6) is 3.31. The normalized spacial score (nSPS) is 20.0. The highest BCUT2D eigenvalue weighted by Gasteiger charge is 2.31. The lowest BCUT2D eigenvalue weighted by Crippen LogP contribution is -2.47. The van der Waals surface area contributed by atoms with Crippen LogP contribution < -0.4 is 4.90 Å². The Morgan fingerprint density at radius 1 is 1.10 bits per heavy atom. The maximum atomic E-state index is 4.38. The van der Waals surface area contributed by atoms with Crippen LogP contribution in [-0.2, 0) is 0 Å². The Morgan fingerprint density at radius 3 is 2.43 bits per heavy atom. The van der Waals surface area contributed by atoms with E-state index in [1.165, 1.54) is 31.6 Å². The molecule has 1 aliphatic carbocycles. The molecule has 21 heavy (non-hydrogen) atoms. The van der Waals surface area contributed by atoms with Crippen molar-refractivity contribution in [1.29, 1.82) is 0 Å². The molecule has 0 N–H and O–H groups in total. The largest absolute Gasteiger partial charge is 0.368 e. The van der Waals surface area contributed by atoms with Gasteiger partial charge in [-0.2, -0.15) is 0 Å². The fraction of sp³-hybridized carbons (Fsp3) is 0.588. The van der Waals surface area contributed by atoms with Crippen molar-refractivity contribution in [2.75, 3.05) is 31.1 Å². The summed E-state index contributed by atoms with van der Waals surface area (Å²) in [6.45, 7) is 11.4. The second-order valence-corrected chi connectivity index (χ2v) is 11.9. The van der Waals surface area contributed by atoms with Gasteiger partial charge in [0, 0.05) is 44.0 Å². The zero-order valence-electron chi connectivity index (χ0n) is 13.4. The van der Waals surface area contributed by atoms with Crippen molar-refractivity contribution in [3.63, 3.8) is 0 Å². The maximum Gasteiger partial charge on any atom is 0.129 e. The number of rotatable bonds is 2. The van der Waals surface area contributed by atoms with E-state index >= 15 is 0 Å². The third-order valence-corrected chi connectivity index (χ3v) is 4.92. The van der Waals surface area contributed by atoms with Gasteiger partial charge in [0.15, 0.2) is 0 Å². The summed E-state index contributed by atoms with van der Waals surface area (Å²) < 4.78 is 0. The molecule has 0 bridgehead atoms. The first-order valence-corrected chi connectivity index (χ1v) is 11.5. The van der Waals surface area contributed by atoms with Crippen molar-refractivity contribution in [3.05, 3.63) is 24.0 Å². The van der Waals surface area contributed by atoms with E-state index in [4.69, 9.17) is 0 Å². The first-order valence-electron chi connectivity index (χ1n) is 7.98. The Kier molecular flexibility index (Phi) is 4.05. The van der Waals surface area contributed by atoms with Gasteiger partial charge in [0.2, 0.25) is 0 Å². The third-order valence-electron chi connectivity index (χ3n) is 4.05. The van der Waals surface area contributed by atoms with Gasteiger partial charge in [0.1, 0.15) is 8.07 Å². The standard InChI is InChI=1S/C17H25N3Si/c1-21(2,3)11-6-15-12-17(14-18-13-15)20-9-7-19(8-10-20)16-4-5-16/h12-14,16H,4-5,7-10H2,1-3H3. The van der Waals surface area contributed by atoms with Gasteiger partial charge in [-0.3, -0.25) is 9.88 Å². The molecule has 0 atom stereocenters. The van der Waals surface area contributed by atoms with Crippen LogP contribution in [0, 0.1) is 11.5 Å². The fourth-order valence-electron chi connectivity index (χ4n) is 2.71. The van der Waals surface area contributed by atoms with Crippen LogP contribution in [0.1, 0.15) is 18.4 Å². The van der Waals surface area contributed by atoms with Crippen molar-refractivity contribution in [2.45, 2.75) is 38.5 Å². The van der Waals surface area contributed by atoms with Crippen LogP contribution in [0.15, 0.2) is 18.5 Å². The summed E-state index contributed by atoms with van der Waals surface area (Å²) in [5, 5.41) is 0. The Morgan fingerprint density at radius 2 is 1.81 bits per heavy atom. The molecule has 2 fully saturated rings. The number of hydrogen-bond donors (Lipinski definition) is 0. The first kappa shape index (κ1) is 14.6. The fourth-order valence-corrected chi connectivity index (χ4v) is 3.23. The van der Waals surface area contributed by atoms with Crippen LogP contribution in [-0.4, -0.2) is 50.2 Å². The van der Waals surface area contributed by atoms with E-state index in [-0.39, 0.29) is 0 Å². The molecular formula is C17H25N3Si. The number of pyridine rings is 1. The molecule has 0 unspecified atom stereocenters. The van der Waals surface area contributed by atoms with Gasteiger partial charge >= 0.3 is 0 Å². The van der Waals surface area contributed by atoms with Gasteiger partial charge in [-0.05, 0) is 18.9 Å². The van der Waals surface area contributed by atoms with Crippen molar-refractivity contribution in [2.24, 2.45) is 0 Å². The molecule has 2 aliphatic rings. The second kappa shape index (κ2) is 5.82. The zero-order chi connectivity index (χ0) is 14.9. The van der Waals surface area contributed by atoms with Gasteiger partial charge in [0.25, 0.3) is 0 Å². The molecular weight excluding hydrogens is 274 g/mol. The minimum Gasteiger partial charge on any atom is -0.368 e. The smallest absolute Gasteiger partial charge is 0.129 e. The van der Waals surface area contributed by atoms with E-state index in [1.54, 1.807) is 0 Å². The van der Waals surface area contributed by atoms with Gasteiger partial charge in [0.05, 0.1) is 11.9 Å². The predicted octanol–water partition coefficient (Wildman–Crippen LogP) is 2.59. The highest BCUT2D eigenvalue weighted by Crippen LogP contribution is 2.28. The van der Waals surface area contributed by atoms with Gasteiger partial charge in [-0.1, -0.05) is 25.6 Å². The van der Waals surface area contributed by atoms with Crippen LogP contribution in [0.2, 0.25) is 19.6 Å². The number of piperazine rings is 1. The highest BCUT2D eigenvalue weighted by molar-refractivity contribution is 6.83. The SMILES string of the molecule is C[Si](C)(C)C#Cc1cncc(N2CCN(C3CC3)CC2)c1. The maximum absolute atomic E-state index is 4.38. The molecule has 1 saturated heterocycles.